The molecule has 0 saturated carbocycles. The van der Waals surface area contributed by atoms with E-state index in [1.807, 2.05) is 4.57 Å². The van der Waals surface area contributed by atoms with Crippen LogP contribution in [0.3, 0.4) is 0 Å². The quantitative estimate of drug-likeness (QED) is 0.650. The molecule has 8 heteroatoms. The summed E-state index contributed by atoms with van der Waals surface area (Å²) in [7, 11) is 1.69. The van der Waals surface area contributed by atoms with Gasteiger partial charge in [-0.25, -0.2) is 4.98 Å². The van der Waals surface area contributed by atoms with Crippen LogP contribution in [0.2, 0.25) is 5.28 Å². The Kier molecular flexibility index (Phi) is 5.07. The van der Waals surface area contributed by atoms with Crippen molar-refractivity contribution in [3.63, 3.8) is 0 Å². The molecular weight excluding hydrogens is 306 g/mol. The third-order valence-electron chi connectivity index (χ3n) is 3.68. The third-order valence-corrected chi connectivity index (χ3v) is 3.85. The molecule has 1 N–H and O–H groups in total. The number of hydrogen-bond acceptors (Lipinski definition) is 6. The SMILES string of the molecule is COCCCNc1nc(Cl)nc2c1ncn2C1CCCCO1. The zero-order valence-corrected chi connectivity index (χ0v) is 13.3. The maximum Gasteiger partial charge on any atom is 0.226 e. The summed E-state index contributed by atoms with van der Waals surface area (Å²) in [4.78, 5) is 13.0. The van der Waals surface area contributed by atoms with Crippen LogP contribution in [-0.4, -0.2) is 46.4 Å². The van der Waals surface area contributed by atoms with Crippen molar-refractivity contribution in [3.8, 4) is 0 Å². The number of ether oxygens (including phenoxy) is 2. The Hall–Kier alpha value is -1.44. The highest BCUT2D eigenvalue weighted by molar-refractivity contribution is 6.28. The number of nitrogens with one attached hydrogen (secondary N) is 1. The second-order valence-electron chi connectivity index (χ2n) is 5.26. The number of aromatic nitrogens is 4. The summed E-state index contributed by atoms with van der Waals surface area (Å²) in [5.41, 5.74) is 1.43. The first-order valence-electron chi connectivity index (χ1n) is 7.54. The van der Waals surface area contributed by atoms with Crippen LogP contribution < -0.4 is 5.32 Å². The molecule has 0 spiro atoms. The number of imidazole rings is 1. The molecule has 0 aromatic carbocycles. The highest BCUT2D eigenvalue weighted by atomic mass is 35.5. The van der Waals surface area contributed by atoms with Crippen LogP contribution in [0.15, 0.2) is 6.33 Å². The van der Waals surface area contributed by atoms with Gasteiger partial charge in [-0.15, -0.1) is 0 Å². The first-order valence-corrected chi connectivity index (χ1v) is 7.92. The summed E-state index contributed by atoms with van der Waals surface area (Å²) in [6.45, 7) is 2.20. The van der Waals surface area contributed by atoms with E-state index < -0.39 is 0 Å². The number of nitrogens with zero attached hydrogens (tertiary/aromatic N) is 4. The van der Waals surface area contributed by atoms with Crippen molar-refractivity contribution in [2.45, 2.75) is 31.9 Å². The Morgan fingerprint density at radius 2 is 2.36 bits per heavy atom. The van der Waals surface area contributed by atoms with Crippen LogP contribution in [0.25, 0.3) is 11.2 Å². The summed E-state index contributed by atoms with van der Waals surface area (Å²) in [6, 6.07) is 0. The van der Waals surface area contributed by atoms with Gasteiger partial charge < -0.3 is 14.8 Å². The highest BCUT2D eigenvalue weighted by Crippen LogP contribution is 2.28. The van der Waals surface area contributed by atoms with E-state index in [2.05, 4.69) is 20.3 Å². The fourth-order valence-corrected chi connectivity index (χ4v) is 2.75. The van der Waals surface area contributed by atoms with Gasteiger partial charge in [0.1, 0.15) is 6.23 Å². The number of rotatable bonds is 6. The van der Waals surface area contributed by atoms with E-state index in [0.717, 1.165) is 44.4 Å². The van der Waals surface area contributed by atoms with E-state index in [-0.39, 0.29) is 11.5 Å². The van der Waals surface area contributed by atoms with Crippen molar-refractivity contribution in [2.75, 3.05) is 32.2 Å². The highest BCUT2D eigenvalue weighted by Gasteiger charge is 2.20. The molecule has 1 aliphatic heterocycles. The van der Waals surface area contributed by atoms with E-state index in [4.69, 9.17) is 21.1 Å². The first kappa shape index (κ1) is 15.5. The lowest BCUT2D eigenvalue weighted by molar-refractivity contribution is -0.0298. The minimum Gasteiger partial charge on any atom is -0.385 e. The van der Waals surface area contributed by atoms with Gasteiger partial charge >= 0.3 is 0 Å². The van der Waals surface area contributed by atoms with E-state index in [1.54, 1.807) is 13.4 Å². The molecule has 1 unspecified atom stereocenters. The van der Waals surface area contributed by atoms with Crippen LogP contribution in [-0.2, 0) is 9.47 Å². The normalized spacial score (nSPS) is 18.7. The Morgan fingerprint density at radius 3 is 3.14 bits per heavy atom. The van der Waals surface area contributed by atoms with Crippen LogP contribution in [0.5, 0.6) is 0 Å². The van der Waals surface area contributed by atoms with Gasteiger partial charge in [0.15, 0.2) is 17.0 Å². The number of anilines is 1. The van der Waals surface area contributed by atoms with Gasteiger partial charge in [-0.05, 0) is 37.3 Å². The van der Waals surface area contributed by atoms with Gasteiger partial charge in [0.25, 0.3) is 0 Å². The van der Waals surface area contributed by atoms with Gasteiger partial charge in [-0.1, -0.05) is 0 Å². The molecule has 1 fully saturated rings. The van der Waals surface area contributed by atoms with Gasteiger partial charge in [0.2, 0.25) is 5.28 Å². The molecule has 2 aromatic rings. The molecule has 1 aliphatic rings. The lowest BCUT2D eigenvalue weighted by Crippen LogP contribution is -2.18. The lowest BCUT2D eigenvalue weighted by Gasteiger charge is -2.23. The van der Waals surface area contributed by atoms with Gasteiger partial charge in [0.05, 0.1) is 6.33 Å². The summed E-state index contributed by atoms with van der Waals surface area (Å²) in [6.07, 6.45) is 5.82. The summed E-state index contributed by atoms with van der Waals surface area (Å²) >= 11 is 6.06. The van der Waals surface area contributed by atoms with Gasteiger partial charge in [-0.2, -0.15) is 9.97 Å². The molecule has 120 valence electrons. The summed E-state index contributed by atoms with van der Waals surface area (Å²) in [5.74, 6) is 0.653. The zero-order chi connectivity index (χ0) is 15.4. The monoisotopic (exact) mass is 325 g/mol. The minimum absolute atomic E-state index is 0.0222. The molecular formula is C14H20ClN5O2. The van der Waals surface area contributed by atoms with Crippen LogP contribution in [0, 0.1) is 0 Å². The fourth-order valence-electron chi connectivity index (χ4n) is 2.59. The van der Waals surface area contributed by atoms with Gasteiger partial charge in [-0.3, -0.25) is 4.57 Å². The maximum atomic E-state index is 6.06. The number of hydrogen-bond donors (Lipinski definition) is 1. The summed E-state index contributed by atoms with van der Waals surface area (Å²) < 4.78 is 12.8. The second-order valence-corrected chi connectivity index (χ2v) is 5.60. The van der Waals surface area contributed by atoms with E-state index >= 15 is 0 Å². The Morgan fingerprint density at radius 1 is 1.45 bits per heavy atom. The molecule has 3 heterocycles. The smallest absolute Gasteiger partial charge is 0.226 e. The molecule has 0 radical (unpaired) electrons. The number of halogens is 1. The predicted octanol–water partition coefficient (Wildman–Crippen LogP) is 2.63. The van der Waals surface area contributed by atoms with Crippen molar-refractivity contribution in [3.05, 3.63) is 11.6 Å². The molecule has 22 heavy (non-hydrogen) atoms. The molecule has 2 aromatic heterocycles. The first-order chi connectivity index (χ1) is 10.8. The van der Waals surface area contributed by atoms with Crippen LogP contribution >= 0.6 is 11.6 Å². The molecule has 7 nitrogen and oxygen atoms in total. The second kappa shape index (κ2) is 7.21. The van der Waals surface area contributed by atoms with Crippen molar-refractivity contribution in [2.24, 2.45) is 0 Å². The predicted molar refractivity (Wildman–Crippen MR) is 84.2 cm³/mol. The molecule has 0 amide bonds. The maximum absolute atomic E-state index is 6.06. The van der Waals surface area contributed by atoms with E-state index in [0.29, 0.717) is 18.1 Å². The van der Waals surface area contributed by atoms with E-state index in [1.165, 1.54) is 0 Å². The largest absolute Gasteiger partial charge is 0.385 e. The molecule has 1 atom stereocenters. The average molecular weight is 326 g/mol. The Bertz CT molecular complexity index is 627. The van der Waals surface area contributed by atoms with Crippen molar-refractivity contribution in [1.29, 1.82) is 0 Å². The van der Waals surface area contributed by atoms with Crippen LogP contribution in [0.4, 0.5) is 5.82 Å². The van der Waals surface area contributed by atoms with E-state index in [9.17, 15) is 0 Å². The fraction of sp³-hybridized carbons (Fsp3) is 0.643. The van der Waals surface area contributed by atoms with Crippen LogP contribution in [0.1, 0.15) is 31.9 Å². The van der Waals surface area contributed by atoms with Crippen molar-refractivity contribution >= 4 is 28.6 Å². The summed E-state index contributed by atoms with van der Waals surface area (Å²) in [5, 5.41) is 3.46. The average Bonchev–Trinajstić information content (AvgIpc) is 2.96. The lowest BCUT2D eigenvalue weighted by atomic mass is 10.2. The standard InChI is InChI=1S/C14H20ClN5O2/c1-21-7-4-6-16-12-11-13(19-14(15)18-12)20(9-17-11)10-5-2-3-8-22-10/h9-10H,2-8H2,1H3,(H,16,18,19). The Labute approximate surface area is 134 Å². The third kappa shape index (κ3) is 3.31. The molecule has 3 rings (SSSR count). The van der Waals surface area contributed by atoms with Crippen molar-refractivity contribution in [1.82, 2.24) is 19.5 Å². The topological polar surface area (TPSA) is 74.1 Å². The molecule has 0 bridgehead atoms. The molecule has 1 saturated heterocycles. The minimum atomic E-state index is -0.0222. The number of fused-ring (bicyclic) bond motifs is 1. The number of methoxy groups -OCH3 is 1. The van der Waals surface area contributed by atoms with Gasteiger partial charge in [0, 0.05) is 26.9 Å². The molecule has 0 aliphatic carbocycles. The Balaban J connectivity index is 1.85. The zero-order valence-electron chi connectivity index (χ0n) is 12.6. The van der Waals surface area contributed by atoms with Crippen molar-refractivity contribution < 1.29 is 9.47 Å².